The standard InChI is InChI=1S/C35H52N5O13P/c1-6-9-14-49-27-10-11-30-29(17-27)26(18-37-30)16-32(44)40-33(24(4)8-3)35(46)36-12-15-52-54(47,51-13-7-2)53-21-31(39-25(5)43)34(45)38-19-28(50-23-42)20-48-22-41/h7,10-11,17-18,22-24,28,31,33,37H,2,6,8-9,12-16,19-21H2,1,3-5H3,(H,36,46)(H,38,45)(H,39,43)(H,40,44)/t24-,28-,31+,33-,54?/m0/s1. The molecule has 0 aliphatic heterocycles. The van der Waals surface area contributed by atoms with Crippen LogP contribution in [0.15, 0.2) is 37.1 Å². The Balaban J connectivity index is 2.01. The van der Waals surface area contributed by atoms with E-state index in [1.165, 1.54) is 6.08 Å². The third kappa shape index (κ3) is 16.1. The molecule has 4 amide bonds. The average molecular weight is 782 g/mol. The summed E-state index contributed by atoms with van der Waals surface area (Å²) < 4.78 is 44.5. The number of rotatable bonds is 29. The Bertz CT molecular complexity index is 1590. The minimum absolute atomic E-state index is 0.0160. The van der Waals surface area contributed by atoms with Gasteiger partial charge in [-0.25, -0.2) is 4.57 Å². The Hall–Kier alpha value is -4.77. The van der Waals surface area contributed by atoms with Crippen molar-refractivity contribution in [3.8, 4) is 5.75 Å². The summed E-state index contributed by atoms with van der Waals surface area (Å²) in [6.45, 7) is 9.17. The molecule has 0 spiro atoms. The van der Waals surface area contributed by atoms with Crippen molar-refractivity contribution in [1.82, 2.24) is 26.3 Å². The zero-order chi connectivity index (χ0) is 39.9. The molecule has 1 aromatic heterocycles. The average Bonchev–Trinajstić information content (AvgIpc) is 3.55. The first-order chi connectivity index (χ1) is 25.9. The number of phosphoric acid groups is 1. The van der Waals surface area contributed by atoms with E-state index in [0.29, 0.717) is 18.8 Å². The predicted molar refractivity (Wildman–Crippen MR) is 196 cm³/mol. The minimum atomic E-state index is -4.40. The number of benzene rings is 1. The van der Waals surface area contributed by atoms with E-state index >= 15 is 0 Å². The normalized spacial score (nSPS) is 14.3. The number of hydrogen-bond donors (Lipinski definition) is 5. The fraction of sp³-hybridized carbons (Fsp3) is 0.543. The maximum atomic E-state index is 13.4. The van der Waals surface area contributed by atoms with Gasteiger partial charge in [0.25, 0.3) is 12.9 Å². The topological polar surface area (TPSA) is 239 Å². The molecule has 18 nitrogen and oxygen atoms in total. The van der Waals surface area contributed by atoms with Crippen molar-refractivity contribution in [2.45, 2.75) is 71.6 Å². The summed E-state index contributed by atoms with van der Waals surface area (Å²) in [6, 6.07) is 3.35. The molecule has 54 heavy (non-hydrogen) atoms. The van der Waals surface area contributed by atoms with Gasteiger partial charge < -0.3 is 40.5 Å². The van der Waals surface area contributed by atoms with Crippen molar-refractivity contribution in [3.05, 3.63) is 42.6 Å². The number of nitrogens with one attached hydrogen (secondary N) is 5. The molecule has 2 aromatic rings. The molecule has 5 atom stereocenters. The number of carbonyl (C=O) groups is 6. The van der Waals surface area contributed by atoms with Crippen LogP contribution < -0.4 is 26.0 Å². The summed E-state index contributed by atoms with van der Waals surface area (Å²) in [5.41, 5.74) is 1.59. The molecule has 5 N–H and O–H groups in total. The summed E-state index contributed by atoms with van der Waals surface area (Å²) in [7, 11) is -4.40. The SMILES string of the molecule is C=CCOP(=O)(OCCNC(=O)[C@@H](NC(=O)Cc1c[nH]c2ccc(OCCCC)cc12)[C@@H](C)CC)OC[C@@H](NC(C)=O)C(=O)NC[C@@H](COC=O)OC=O. The third-order valence-corrected chi connectivity index (χ3v) is 9.29. The minimum Gasteiger partial charge on any atom is -0.494 e. The van der Waals surface area contributed by atoms with Crippen molar-refractivity contribution in [2.24, 2.45) is 5.92 Å². The molecule has 0 aliphatic rings. The summed E-state index contributed by atoms with van der Waals surface area (Å²) >= 11 is 0. The molecule has 2 rings (SSSR count). The second-order valence-electron chi connectivity index (χ2n) is 12.1. The first kappa shape index (κ1) is 45.4. The van der Waals surface area contributed by atoms with Crippen LogP contribution in [0.2, 0.25) is 0 Å². The number of aromatic nitrogens is 1. The van der Waals surface area contributed by atoms with E-state index in [-0.39, 0.29) is 64.1 Å². The van der Waals surface area contributed by atoms with Gasteiger partial charge in [0.1, 0.15) is 24.4 Å². The molecule has 1 heterocycles. The van der Waals surface area contributed by atoms with Crippen molar-refractivity contribution < 1.29 is 61.1 Å². The Morgan fingerprint density at radius 1 is 0.981 bits per heavy atom. The highest BCUT2D eigenvalue weighted by molar-refractivity contribution is 7.48. The Labute approximate surface area is 314 Å². The number of ether oxygens (including phenoxy) is 3. The highest BCUT2D eigenvalue weighted by Gasteiger charge is 2.32. The van der Waals surface area contributed by atoms with Gasteiger partial charge in [0, 0.05) is 30.6 Å². The molecule has 1 unspecified atom stereocenters. The van der Waals surface area contributed by atoms with Crippen molar-refractivity contribution in [3.63, 3.8) is 0 Å². The second-order valence-corrected chi connectivity index (χ2v) is 13.7. The summed E-state index contributed by atoms with van der Waals surface area (Å²) in [5.74, 6) is -1.83. The molecule has 0 saturated carbocycles. The first-order valence-electron chi connectivity index (χ1n) is 17.5. The lowest BCUT2D eigenvalue weighted by molar-refractivity contribution is -0.143. The van der Waals surface area contributed by atoms with E-state index in [1.807, 2.05) is 32.0 Å². The molecule has 0 fully saturated rings. The summed E-state index contributed by atoms with van der Waals surface area (Å²) in [6.07, 6.45) is 4.54. The predicted octanol–water partition coefficient (Wildman–Crippen LogP) is 2.22. The van der Waals surface area contributed by atoms with Gasteiger partial charge >= 0.3 is 7.82 Å². The van der Waals surface area contributed by atoms with Crippen LogP contribution in [-0.4, -0.2) is 106 Å². The van der Waals surface area contributed by atoms with Crippen LogP contribution in [0, 0.1) is 5.92 Å². The van der Waals surface area contributed by atoms with Gasteiger partial charge in [-0.05, 0) is 36.1 Å². The maximum Gasteiger partial charge on any atom is 0.475 e. The fourth-order valence-electron chi connectivity index (χ4n) is 4.83. The maximum absolute atomic E-state index is 13.4. The van der Waals surface area contributed by atoms with E-state index < -0.39 is 50.3 Å². The number of amides is 4. The van der Waals surface area contributed by atoms with Crippen molar-refractivity contribution >= 4 is 55.3 Å². The van der Waals surface area contributed by atoms with E-state index in [9.17, 15) is 33.3 Å². The lowest BCUT2D eigenvalue weighted by Gasteiger charge is -2.24. The number of carbonyl (C=O) groups excluding carboxylic acids is 6. The van der Waals surface area contributed by atoms with Gasteiger partial charge in [0.05, 0.1) is 39.4 Å². The van der Waals surface area contributed by atoms with Crippen LogP contribution in [0.1, 0.15) is 52.5 Å². The van der Waals surface area contributed by atoms with Crippen LogP contribution in [0.3, 0.4) is 0 Å². The summed E-state index contributed by atoms with van der Waals surface area (Å²) in [4.78, 5) is 75.5. The highest BCUT2D eigenvalue weighted by Crippen LogP contribution is 2.49. The van der Waals surface area contributed by atoms with E-state index in [1.54, 1.807) is 6.20 Å². The van der Waals surface area contributed by atoms with Crippen LogP contribution in [-0.2, 0) is 62.8 Å². The van der Waals surface area contributed by atoms with Crippen LogP contribution in [0.4, 0.5) is 0 Å². The number of unbranched alkanes of at least 4 members (excludes halogenated alkanes) is 1. The van der Waals surface area contributed by atoms with Gasteiger partial charge in [0.2, 0.25) is 23.6 Å². The smallest absolute Gasteiger partial charge is 0.475 e. The van der Waals surface area contributed by atoms with Crippen LogP contribution >= 0.6 is 7.82 Å². The van der Waals surface area contributed by atoms with E-state index in [0.717, 1.165) is 36.2 Å². The van der Waals surface area contributed by atoms with Gasteiger partial charge in [-0.15, -0.1) is 6.58 Å². The Morgan fingerprint density at radius 2 is 1.76 bits per heavy atom. The third-order valence-electron chi connectivity index (χ3n) is 7.87. The molecule has 0 radical (unpaired) electrons. The molecular formula is C35H52N5O13P. The number of fused-ring (bicyclic) bond motifs is 1. The van der Waals surface area contributed by atoms with Crippen molar-refractivity contribution in [2.75, 3.05) is 46.1 Å². The number of hydrogen-bond acceptors (Lipinski definition) is 13. The highest BCUT2D eigenvalue weighted by atomic mass is 31.2. The molecule has 1 aromatic carbocycles. The first-order valence-corrected chi connectivity index (χ1v) is 19.0. The monoisotopic (exact) mass is 781 g/mol. The van der Waals surface area contributed by atoms with Gasteiger partial charge in [-0.1, -0.05) is 39.7 Å². The second kappa shape index (κ2) is 24.5. The van der Waals surface area contributed by atoms with Crippen LogP contribution in [0.25, 0.3) is 10.9 Å². The van der Waals surface area contributed by atoms with Gasteiger partial charge in [-0.3, -0.25) is 42.3 Å². The lowest BCUT2D eigenvalue weighted by atomic mass is 9.98. The van der Waals surface area contributed by atoms with E-state index in [2.05, 4.69) is 44.5 Å². The molecule has 0 bridgehead atoms. The number of aromatic amines is 1. The Morgan fingerprint density at radius 3 is 2.43 bits per heavy atom. The Kier molecular flexibility index (Phi) is 20.6. The number of phosphoric ester groups is 1. The van der Waals surface area contributed by atoms with Gasteiger partial charge in [0.15, 0.2) is 6.10 Å². The lowest BCUT2D eigenvalue weighted by Crippen LogP contribution is -2.51. The zero-order valence-electron chi connectivity index (χ0n) is 31.1. The van der Waals surface area contributed by atoms with Crippen LogP contribution in [0.5, 0.6) is 5.75 Å². The fourth-order valence-corrected chi connectivity index (χ4v) is 5.99. The molecule has 19 heteroatoms. The van der Waals surface area contributed by atoms with Crippen molar-refractivity contribution in [1.29, 1.82) is 0 Å². The number of H-pyrrole nitrogens is 1. The summed E-state index contributed by atoms with van der Waals surface area (Å²) in [5, 5.41) is 11.1. The quantitative estimate of drug-likeness (QED) is 0.0345. The van der Waals surface area contributed by atoms with Gasteiger partial charge in [-0.2, -0.15) is 0 Å². The molecule has 0 saturated heterocycles. The zero-order valence-corrected chi connectivity index (χ0v) is 32.0. The molecular weight excluding hydrogens is 729 g/mol. The molecule has 0 aliphatic carbocycles. The molecule has 300 valence electrons. The largest absolute Gasteiger partial charge is 0.494 e. The van der Waals surface area contributed by atoms with E-state index in [4.69, 9.17) is 23.0 Å².